The summed E-state index contributed by atoms with van der Waals surface area (Å²) in [6, 6.07) is 19.6. The number of ether oxygens (including phenoxy) is 1. The highest BCUT2D eigenvalue weighted by atomic mass is 16.5. The zero-order valence-corrected chi connectivity index (χ0v) is 20.7. The van der Waals surface area contributed by atoms with Gasteiger partial charge in [-0.1, -0.05) is 24.3 Å². The fraction of sp³-hybridized carbons (Fsp3) is 0.241. The summed E-state index contributed by atoms with van der Waals surface area (Å²) in [4.78, 5) is 30.2. The molecule has 1 aliphatic heterocycles. The molecule has 1 amide bonds. The number of nitrogens with zero attached hydrogens (tertiary/aromatic N) is 2. The first-order valence-electron chi connectivity index (χ1n) is 11.6. The van der Waals surface area contributed by atoms with Gasteiger partial charge in [0.15, 0.2) is 0 Å². The number of rotatable bonds is 6. The maximum atomic E-state index is 13.4. The van der Waals surface area contributed by atoms with Gasteiger partial charge in [0.05, 0.1) is 18.2 Å². The fourth-order valence-corrected chi connectivity index (χ4v) is 4.47. The van der Waals surface area contributed by atoms with Crippen molar-refractivity contribution in [2.24, 2.45) is 0 Å². The maximum absolute atomic E-state index is 13.4. The number of aliphatic hydroxyl groups excluding tert-OH is 1. The van der Waals surface area contributed by atoms with Crippen LogP contribution in [0.15, 0.2) is 72.3 Å². The Hall–Kier alpha value is -4.06. The van der Waals surface area contributed by atoms with E-state index >= 15 is 0 Å². The Morgan fingerprint density at radius 2 is 1.66 bits per heavy atom. The van der Waals surface area contributed by atoms with Crippen LogP contribution in [-0.2, 0) is 9.59 Å². The zero-order chi connectivity index (χ0) is 25.3. The van der Waals surface area contributed by atoms with Crippen molar-refractivity contribution >= 4 is 28.8 Å². The molecule has 0 aliphatic carbocycles. The van der Waals surface area contributed by atoms with Gasteiger partial charge in [0.2, 0.25) is 0 Å². The summed E-state index contributed by atoms with van der Waals surface area (Å²) < 4.78 is 5.61. The van der Waals surface area contributed by atoms with Crippen molar-refractivity contribution in [1.82, 2.24) is 0 Å². The monoisotopic (exact) mass is 470 g/mol. The van der Waals surface area contributed by atoms with Crippen LogP contribution in [0.4, 0.5) is 11.4 Å². The van der Waals surface area contributed by atoms with Crippen LogP contribution < -0.4 is 14.5 Å². The first-order valence-corrected chi connectivity index (χ1v) is 11.6. The molecule has 1 unspecified atom stereocenters. The van der Waals surface area contributed by atoms with Gasteiger partial charge >= 0.3 is 0 Å². The van der Waals surface area contributed by atoms with Gasteiger partial charge in [-0.25, -0.2) is 0 Å². The second kappa shape index (κ2) is 9.66. The summed E-state index contributed by atoms with van der Waals surface area (Å²) in [5.74, 6) is -0.866. The molecule has 1 atom stereocenters. The molecule has 1 saturated heterocycles. The number of carbonyl (C=O) groups excluding carboxylic acids is 2. The topological polar surface area (TPSA) is 70.1 Å². The van der Waals surface area contributed by atoms with Crippen molar-refractivity contribution in [2.75, 3.05) is 30.5 Å². The number of ketones is 1. The molecule has 0 spiro atoms. The third-order valence-electron chi connectivity index (χ3n) is 6.32. The van der Waals surface area contributed by atoms with Crippen LogP contribution in [0, 0.1) is 13.8 Å². The van der Waals surface area contributed by atoms with Crippen LogP contribution in [0.5, 0.6) is 5.75 Å². The molecule has 1 fully saturated rings. The lowest BCUT2D eigenvalue weighted by Crippen LogP contribution is -2.29. The number of hydrogen-bond acceptors (Lipinski definition) is 5. The first-order chi connectivity index (χ1) is 16.7. The maximum Gasteiger partial charge on any atom is 0.300 e. The molecule has 0 aromatic heterocycles. The van der Waals surface area contributed by atoms with Crippen molar-refractivity contribution in [2.45, 2.75) is 26.8 Å². The molecule has 3 aromatic rings. The second-order valence-electron chi connectivity index (χ2n) is 8.85. The van der Waals surface area contributed by atoms with E-state index in [1.165, 1.54) is 4.90 Å². The Morgan fingerprint density at radius 1 is 0.971 bits per heavy atom. The average molecular weight is 471 g/mol. The number of anilines is 2. The van der Waals surface area contributed by atoms with Gasteiger partial charge in [0.1, 0.15) is 11.5 Å². The number of benzene rings is 3. The van der Waals surface area contributed by atoms with E-state index in [2.05, 4.69) is 0 Å². The first kappa shape index (κ1) is 24.1. The van der Waals surface area contributed by atoms with Crippen molar-refractivity contribution < 1.29 is 19.4 Å². The van der Waals surface area contributed by atoms with E-state index in [0.29, 0.717) is 23.6 Å². The van der Waals surface area contributed by atoms with Crippen LogP contribution in [-0.4, -0.2) is 37.5 Å². The lowest BCUT2D eigenvalue weighted by Gasteiger charge is -2.27. The van der Waals surface area contributed by atoms with E-state index in [9.17, 15) is 14.7 Å². The summed E-state index contributed by atoms with van der Waals surface area (Å²) in [6.07, 6.45) is 0. The predicted octanol–water partition coefficient (Wildman–Crippen LogP) is 5.39. The fourth-order valence-electron chi connectivity index (χ4n) is 4.47. The number of hydrogen-bond donors (Lipinski definition) is 1. The molecule has 1 heterocycles. The Kier molecular flexibility index (Phi) is 6.65. The highest BCUT2D eigenvalue weighted by molar-refractivity contribution is 6.51. The van der Waals surface area contributed by atoms with Crippen LogP contribution >= 0.6 is 0 Å². The third-order valence-corrected chi connectivity index (χ3v) is 6.32. The molecule has 6 nitrogen and oxygen atoms in total. The van der Waals surface area contributed by atoms with Crippen molar-refractivity contribution in [1.29, 1.82) is 0 Å². The number of aliphatic hydroxyl groups is 1. The standard InChI is InChI=1S/C29H30N2O4/c1-6-35-24-16-11-20(17-19(24)3)27(32)25-26(23-10-8-7-9-18(23)2)31(29(34)28(25)33)22-14-12-21(13-15-22)30(4)5/h7-17,26,32H,6H2,1-5H3/b27-25+. The number of aryl methyl sites for hydroxylation is 2. The molecule has 35 heavy (non-hydrogen) atoms. The van der Waals surface area contributed by atoms with Crippen molar-refractivity contribution in [3.8, 4) is 5.75 Å². The van der Waals surface area contributed by atoms with Gasteiger partial charge in [-0.05, 0) is 79.9 Å². The van der Waals surface area contributed by atoms with E-state index in [1.807, 2.05) is 88.3 Å². The third kappa shape index (κ3) is 4.39. The molecule has 0 saturated carbocycles. The van der Waals surface area contributed by atoms with Gasteiger partial charge in [0, 0.05) is 31.0 Å². The van der Waals surface area contributed by atoms with E-state index in [0.717, 1.165) is 22.4 Å². The van der Waals surface area contributed by atoms with E-state index in [-0.39, 0.29) is 11.3 Å². The highest BCUT2D eigenvalue weighted by Gasteiger charge is 2.47. The van der Waals surface area contributed by atoms with E-state index < -0.39 is 17.7 Å². The van der Waals surface area contributed by atoms with Gasteiger partial charge in [0.25, 0.3) is 11.7 Å². The van der Waals surface area contributed by atoms with Crippen LogP contribution in [0.25, 0.3) is 5.76 Å². The lowest BCUT2D eigenvalue weighted by atomic mass is 9.92. The molecular formula is C29H30N2O4. The Bertz CT molecular complexity index is 1310. The summed E-state index contributed by atoms with van der Waals surface area (Å²) in [5, 5.41) is 11.4. The van der Waals surface area contributed by atoms with Gasteiger partial charge in [-0.15, -0.1) is 0 Å². The smallest absolute Gasteiger partial charge is 0.300 e. The Morgan fingerprint density at radius 3 is 2.26 bits per heavy atom. The van der Waals surface area contributed by atoms with Crippen LogP contribution in [0.3, 0.4) is 0 Å². The molecule has 0 bridgehead atoms. The summed E-state index contributed by atoms with van der Waals surface area (Å²) in [6.45, 7) is 6.25. The zero-order valence-electron chi connectivity index (χ0n) is 20.7. The van der Waals surface area contributed by atoms with Crippen LogP contribution in [0.1, 0.15) is 35.2 Å². The van der Waals surface area contributed by atoms with Gasteiger partial charge < -0.3 is 14.7 Å². The number of carbonyl (C=O) groups is 2. The SMILES string of the molecule is CCOc1ccc(/C(O)=C2\C(=O)C(=O)N(c3ccc(N(C)C)cc3)C2c2ccccc2C)cc1C. The van der Waals surface area contributed by atoms with E-state index in [1.54, 1.807) is 18.2 Å². The minimum atomic E-state index is -0.756. The van der Waals surface area contributed by atoms with Crippen molar-refractivity contribution in [3.05, 3.63) is 94.6 Å². The molecule has 1 aliphatic rings. The molecule has 1 N–H and O–H groups in total. The lowest BCUT2D eigenvalue weighted by molar-refractivity contribution is -0.132. The summed E-state index contributed by atoms with van der Waals surface area (Å²) in [7, 11) is 3.88. The van der Waals surface area contributed by atoms with E-state index in [4.69, 9.17) is 4.74 Å². The second-order valence-corrected chi connectivity index (χ2v) is 8.85. The highest BCUT2D eigenvalue weighted by Crippen LogP contribution is 2.43. The molecule has 180 valence electrons. The summed E-state index contributed by atoms with van der Waals surface area (Å²) >= 11 is 0. The summed E-state index contributed by atoms with van der Waals surface area (Å²) in [5.41, 5.74) is 4.64. The molecule has 4 rings (SSSR count). The van der Waals surface area contributed by atoms with Gasteiger partial charge in [-0.3, -0.25) is 14.5 Å². The molecule has 6 heteroatoms. The quantitative estimate of drug-likeness (QED) is 0.297. The van der Waals surface area contributed by atoms with Crippen molar-refractivity contribution in [3.63, 3.8) is 0 Å². The normalized spacial score (nSPS) is 17.1. The molecular weight excluding hydrogens is 440 g/mol. The Balaban J connectivity index is 1.90. The minimum absolute atomic E-state index is 0.0737. The predicted molar refractivity (Wildman–Crippen MR) is 139 cm³/mol. The van der Waals surface area contributed by atoms with Gasteiger partial charge in [-0.2, -0.15) is 0 Å². The average Bonchev–Trinajstić information content (AvgIpc) is 3.10. The Labute approximate surface area is 206 Å². The number of amides is 1. The molecule has 3 aromatic carbocycles. The number of Topliss-reactive ketones (excluding diaryl/α,β-unsaturated/α-hetero) is 1. The van der Waals surface area contributed by atoms with Crippen LogP contribution in [0.2, 0.25) is 0 Å². The minimum Gasteiger partial charge on any atom is -0.507 e. The molecule has 0 radical (unpaired) electrons. The largest absolute Gasteiger partial charge is 0.507 e.